The van der Waals surface area contributed by atoms with Gasteiger partial charge in [0, 0.05) is 30.6 Å². The lowest BCUT2D eigenvalue weighted by Crippen LogP contribution is -2.45. The van der Waals surface area contributed by atoms with Crippen LogP contribution >= 0.6 is 11.8 Å². The van der Waals surface area contributed by atoms with Crippen molar-refractivity contribution in [3.05, 3.63) is 47.7 Å². The molecule has 6 nitrogen and oxygen atoms in total. The van der Waals surface area contributed by atoms with Crippen molar-refractivity contribution in [2.45, 2.75) is 17.3 Å². The molecule has 2 aromatic rings. The molecule has 0 saturated carbocycles. The zero-order valence-corrected chi connectivity index (χ0v) is 14.1. The minimum Gasteiger partial charge on any atom is -0.254 e. The molecular weight excluding hydrogens is 358 g/mol. The molecule has 0 aliphatic carbocycles. The minimum absolute atomic E-state index is 0.131. The van der Waals surface area contributed by atoms with Gasteiger partial charge in [-0.3, -0.25) is 4.72 Å². The van der Waals surface area contributed by atoms with Crippen LogP contribution in [-0.4, -0.2) is 35.8 Å². The van der Waals surface area contributed by atoms with E-state index in [9.17, 15) is 17.2 Å². The lowest BCUT2D eigenvalue weighted by molar-refractivity contribution is 0.311. The molecule has 24 heavy (non-hydrogen) atoms. The van der Waals surface area contributed by atoms with Gasteiger partial charge in [0.1, 0.15) is 5.82 Å². The van der Waals surface area contributed by atoms with Gasteiger partial charge in [-0.15, -0.1) is 0 Å². The van der Waals surface area contributed by atoms with Crippen molar-refractivity contribution >= 4 is 27.8 Å². The van der Waals surface area contributed by atoms with E-state index in [2.05, 4.69) is 14.7 Å². The Bertz CT molecular complexity index is 844. The van der Waals surface area contributed by atoms with Gasteiger partial charge in [-0.1, -0.05) is 23.9 Å². The summed E-state index contributed by atoms with van der Waals surface area (Å²) >= 11 is 1.09. The Hall–Kier alpha value is -1.78. The normalized spacial score (nSPS) is 15.1. The van der Waals surface area contributed by atoms with Crippen LogP contribution in [0.1, 0.15) is 12.0 Å². The van der Waals surface area contributed by atoms with Crippen LogP contribution in [0.15, 0.2) is 35.6 Å². The van der Waals surface area contributed by atoms with Crippen molar-refractivity contribution in [1.29, 1.82) is 0 Å². The quantitative estimate of drug-likeness (QED) is 0.623. The average Bonchev–Trinajstić information content (AvgIpc) is 2.46. The predicted octanol–water partition coefficient (Wildman–Crippen LogP) is 2.41. The number of benzene rings is 1. The average molecular weight is 372 g/mol. The summed E-state index contributed by atoms with van der Waals surface area (Å²) in [7, 11) is -3.60. The Morgan fingerprint density at radius 1 is 1.25 bits per heavy atom. The fourth-order valence-electron chi connectivity index (χ4n) is 1.99. The number of nitrogens with one attached hydrogen (secondary N) is 1. The van der Waals surface area contributed by atoms with E-state index in [0.29, 0.717) is 13.1 Å². The Kier molecular flexibility index (Phi) is 4.97. The SMILES string of the molecule is O=S(=O)(Nc1ccnc(SCc2cccc(F)c2F)n1)N1CCC1. The number of thioether (sulfide) groups is 1. The van der Waals surface area contributed by atoms with E-state index >= 15 is 0 Å². The van der Waals surface area contributed by atoms with Crippen molar-refractivity contribution in [2.75, 3.05) is 17.8 Å². The molecule has 1 aliphatic heterocycles. The Balaban J connectivity index is 1.68. The molecule has 0 unspecified atom stereocenters. The summed E-state index contributed by atoms with van der Waals surface area (Å²) in [6, 6.07) is 5.38. The van der Waals surface area contributed by atoms with Crippen molar-refractivity contribution in [1.82, 2.24) is 14.3 Å². The van der Waals surface area contributed by atoms with Crippen LogP contribution in [0.5, 0.6) is 0 Å². The first kappa shape index (κ1) is 17.1. The standard InChI is InChI=1S/C14H14F2N4O2S2/c15-11-4-1-3-10(13(11)16)9-23-14-17-6-5-12(18-14)19-24(21,22)20-7-2-8-20/h1,3-6H,2,7-9H2,(H,17,18,19). The highest BCUT2D eigenvalue weighted by atomic mass is 32.2. The Morgan fingerprint density at radius 3 is 2.75 bits per heavy atom. The summed E-state index contributed by atoms with van der Waals surface area (Å²) < 4.78 is 54.5. The van der Waals surface area contributed by atoms with Crippen LogP contribution in [0.25, 0.3) is 0 Å². The molecule has 0 bridgehead atoms. The summed E-state index contributed by atoms with van der Waals surface area (Å²) in [5.41, 5.74) is 0.190. The van der Waals surface area contributed by atoms with Crippen molar-refractivity contribution < 1.29 is 17.2 Å². The number of halogens is 2. The fourth-order valence-corrected chi connectivity index (χ4v) is 4.05. The number of rotatable bonds is 6. The number of hydrogen-bond acceptors (Lipinski definition) is 5. The summed E-state index contributed by atoms with van der Waals surface area (Å²) in [4.78, 5) is 8.09. The van der Waals surface area contributed by atoms with E-state index in [1.165, 1.54) is 28.7 Å². The third-order valence-corrected chi connectivity index (χ3v) is 5.83. The summed E-state index contributed by atoms with van der Waals surface area (Å²) in [6.07, 6.45) is 2.25. The highest BCUT2D eigenvalue weighted by Gasteiger charge is 2.27. The Morgan fingerprint density at radius 2 is 2.04 bits per heavy atom. The summed E-state index contributed by atoms with van der Waals surface area (Å²) in [6.45, 7) is 0.974. The van der Waals surface area contributed by atoms with Gasteiger partial charge in [0.25, 0.3) is 0 Å². The Labute approximate surface area is 142 Å². The second kappa shape index (κ2) is 6.99. The van der Waals surface area contributed by atoms with E-state index in [1.54, 1.807) is 0 Å². The smallest absolute Gasteiger partial charge is 0.254 e. The second-order valence-electron chi connectivity index (χ2n) is 5.09. The van der Waals surface area contributed by atoms with Crippen LogP contribution in [-0.2, 0) is 16.0 Å². The van der Waals surface area contributed by atoms with Crippen LogP contribution in [0.3, 0.4) is 0 Å². The summed E-state index contributed by atoms with van der Waals surface area (Å²) in [5, 5.41) is 0.266. The van der Waals surface area contributed by atoms with E-state index in [-0.39, 0.29) is 22.3 Å². The van der Waals surface area contributed by atoms with Gasteiger partial charge >= 0.3 is 10.2 Å². The largest absolute Gasteiger partial charge is 0.302 e. The third-order valence-electron chi connectivity index (χ3n) is 3.41. The van der Waals surface area contributed by atoms with Gasteiger partial charge < -0.3 is 0 Å². The first-order valence-electron chi connectivity index (χ1n) is 7.12. The number of hydrogen-bond donors (Lipinski definition) is 1. The molecule has 2 heterocycles. The molecule has 1 N–H and O–H groups in total. The maximum atomic E-state index is 13.6. The maximum absolute atomic E-state index is 13.6. The van der Waals surface area contributed by atoms with Crippen LogP contribution in [0.2, 0.25) is 0 Å². The van der Waals surface area contributed by atoms with Crippen LogP contribution in [0.4, 0.5) is 14.6 Å². The third kappa shape index (κ3) is 3.82. The molecule has 0 spiro atoms. The van der Waals surface area contributed by atoms with Gasteiger partial charge in [0.2, 0.25) is 0 Å². The molecule has 0 atom stereocenters. The van der Waals surface area contributed by atoms with E-state index in [1.807, 2.05) is 0 Å². The van der Waals surface area contributed by atoms with E-state index in [0.717, 1.165) is 24.2 Å². The molecule has 1 aromatic carbocycles. The molecule has 128 valence electrons. The lowest BCUT2D eigenvalue weighted by Gasteiger charge is -2.29. The van der Waals surface area contributed by atoms with Gasteiger partial charge in [0.15, 0.2) is 16.8 Å². The molecule has 1 saturated heterocycles. The van der Waals surface area contributed by atoms with Gasteiger partial charge in [0.05, 0.1) is 0 Å². The molecule has 0 amide bonds. The van der Waals surface area contributed by atoms with Crippen LogP contribution < -0.4 is 4.72 Å². The number of nitrogens with zero attached hydrogens (tertiary/aromatic N) is 3. The molecule has 1 fully saturated rings. The predicted molar refractivity (Wildman–Crippen MR) is 86.7 cm³/mol. The van der Waals surface area contributed by atoms with Crippen molar-refractivity contribution in [3.63, 3.8) is 0 Å². The van der Waals surface area contributed by atoms with Crippen molar-refractivity contribution in [2.24, 2.45) is 0 Å². The lowest BCUT2D eigenvalue weighted by atomic mass is 10.2. The second-order valence-corrected chi connectivity index (χ2v) is 7.70. The van der Waals surface area contributed by atoms with Gasteiger partial charge in [-0.05, 0) is 18.6 Å². The highest BCUT2D eigenvalue weighted by molar-refractivity contribution is 7.98. The molecule has 3 rings (SSSR count). The fraction of sp³-hybridized carbons (Fsp3) is 0.286. The number of aromatic nitrogens is 2. The molecule has 0 radical (unpaired) electrons. The summed E-state index contributed by atoms with van der Waals surface area (Å²) in [5.74, 6) is -1.55. The van der Waals surface area contributed by atoms with E-state index in [4.69, 9.17) is 0 Å². The van der Waals surface area contributed by atoms with Gasteiger partial charge in [-0.25, -0.2) is 18.7 Å². The first-order chi connectivity index (χ1) is 11.5. The molecule has 1 aromatic heterocycles. The minimum atomic E-state index is -3.60. The molecular formula is C14H14F2N4O2S2. The zero-order chi connectivity index (χ0) is 17.2. The maximum Gasteiger partial charge on any atom is 0.302 e. The topological polar surface area (TPSA) is 75.2 Å². The number of anilines is 1. The molecule has 1 aliphatic rings. The van der Waals surface area contributed by atoms with Crippen LogP contribution in [0, 0.1) is 11.6 Å². The monoisotopic (exact) mass is 372 g/mol. The van der Waals surface area contributed by atoms with Crippen molar-refractivity contribution in [3.8, 4) is 0 Å². The zero-order valence-electron chi connectivity index (χ0n) is 12.4. The first-order valence-corrected chi connectivity index (χ1v) is 9.55. The molecule has 10 heteroatoms. The van der Waals surface area contributed by atoms with Gasteiger partial charge in [-0.2, -0.15) is 12.7 Å². The highest BCUT2D eigenvalue weighted by Crippen LogP contribution is 2.23. The van der Waals surface area contributed by atoms with E-state index < -0.39 is 21.8 Å².